The molecule has 0 amide bonds. The first-order chi connectivity index (χ1) is 9.63. The van der Waals surface area contributed by atoms with Gasteiger partial charge in [0.25, 0.3) is 0 Å². The van der Waals surface area contributed by atoms with E-state index in [-0.39, 0.29) is 11.9 Å². The van der Waals surface area contributed by atoms with Crippen LogP contribution >= 0.6 is 0 Å². The lowest BCUT2D eigenvalue weighted by atomic mass is 10.0. The Morgan fingerprint density at radius 1 is 1.25 bits per heavy atom. The van der Waals surface area contributed by atoms with Crippen molar-refractivity contribution < 1.29 is 4.39 Å². The van der Waals surface area contributed by atoms with Crippen molar-refractivity contribution in [2.24, 2.45) is 5.73 Å². The lowest BCUT2D eigenvalue weighted by Crippen LogP contribution is -2.25. The quantitative estimate of drug-likeness (QED) is 0.909. The maximum Gasteiger partial charge on any atom is 0.130 e. The standard InChI is InChI=1S/C16H20FN3/c1-3-20(11-13-7-9-19-10-8-13)15-6-4-5-14(17)16(15)12(2)18/h4-10,12H,3,11,18H2,1-2H3/t12-/m0/s1. The van der Waals surface area contributed by atoms with Gasteiger partial charge in [0.2, 0.25) is 0 Å². The lowest BCUT2D eigenvalue weighted by molar-refractivity contribution is 0.591. The summed E-state index contributed by atoms with van der Waals surface area (Å²) in [6, 6.07) is 8.71. The molecule has 1 heterocycles. The van der Waals surface area contributed by atoms with Gasteiger partial charge in [-0.05, 0) is 43.7 Å². The van der Waals surface area contributed by atoms with Crippen LogP contribution in [0.25, 0.3) is 0 Å². The third kappa shape index (κ3) is 3.14. The van der Waals surface area contributed by atoms with Crippen LogP contribution in [-0.2, 0) is 6.54 Å². The van der Waals surface area contributed by atoms with Crippen LogP contribution in [0.5, 0.6) is 0 Å². The summed E-state index contributed by atoms with van der Waals surface area (Å²) in [4.78, 5) is 6.13. The Kier molecular flexibility index (Phi) is 4.69. The molecule has 0 radical (unpaired) electrons. The molecule has 3 nitrogen and oxygen atoms in total. The van der Waals surface area contributed by atoms with E-state index in [4.69, 9.17) is 5.73 Å². The van der Waals surface area contributed by atoms with Gasteiger partial charge in [-0.3, -0.25) is 4.98 Å². The molecule has 1 aromatic heterocycles. The van der Waals surface area contributed by atoms with Gasteiger partial charge in [0.1, 0.15) is 5.82 Å². The number of hydrogen-bond donors (Lipinski definition) is 1. The molecule has 0 saturated heterocycles. The Labute approximate surface area is 119 Å². The van der Waals surface area contributed by atoms with Crippen molar-refractivity contribution in [3.8, 4) is 0 Å². The molecule has 2 rings (SSSR count). The number of pyridine rings is 1. The van der Waals surface area contributed by atoms with Gasteiger partial charge >= 0.3 is 0 Å². The molecule has 1 aromatic carbocycles. The zero-order valence-corrected chi connectivity index (χ0v) is 11.9. The minimum atomic E-state index is -0.335. The molecule has 0 spiro atoms. The molecule has 106 valence electrons. The summed E-state index contributed by atoms with van der Waals surface area (Å²) in [5.41, 5.74) is 8.50. The monoisotopic (exact) mass is 273 g/mol. The molecule has 0 bridgehead atoms. The number of rotatable bonds is 5. The maximum absolute atomic E-state index is 14.0. The smallest absolute Gasteiger partial charge is 0.130 e. The second-order valence-electron chi connectivity index (χ2n) is 4.83. The highest BCUT2D eigenvalue weighted by Gasteiger charge is 2.16. The van der Waals surface area contributed by atoms with Gasteiger partial charge in [-0.2, -0.15) is 0 Å². The molecule has 0 aliphatic carbocycles. The number of aromatic nitrogens is 1. The first kappa shape index (κ1) is 14.5. The largest absolute Gasteiger partial charge is 0.367 e. The summed E-state index contributed by atoms with van der Waals surface area (Å²) < 4.78 is 14.0. The zero-order valence-electron chi connectivity index (χ0n) is 11.9. The van der Waals surface area contributed by atoms with Crippen LogP contribution < -0.4 is 10.6 Å². The lowest BCUT2D eigenvalue weighted by Gasteiger charge is -2.27. The van der Waals surface area contributed by atoms with E-state index in [0.29, 0.717) is 12.1 Å². The van der Waals surface area contributed by atoms with Crippen LogP contribution in [0.15, 0.2) is 42.7 Å². The number of nitrogens with two attached hydrogens (primary N) is 1. The summed E-state index contributed by atoms with van der Waals surface area (Å²) >= 11 is 0. The van der Waals surface area contributed by atoms with Crippen molar-refractivity contribution in [3.05, 3.63) is 59.7 Å². The summed E-state index contributed by atoms with van der Waals surface area (Å²) in [6.07, 6.45) is 3.53. The van der Waals surface area contributed by atoms with Crippen molar-refractivity contribution >= 4 is 5.69 Å². The molecule has 2 aromatic rings. The predicted octanol–water partition coefficient (Wildman–Crippen LogP) is 3.27. The second kappa shape index (κ2) is 6.48. The number of anilines is 1. The van der Waals surface area contributed by atoms with E-state index in [1.54, 1.807) is 18.5 Å². The van der Waals surface area contributed by atoms with Crippen LogP contribution in [0.3, 0.4) is 0 Å². The van der Waals surface area contributed by atoms with Gasteiger partial charge in [-0.25, -0.2) is 4.39 Å². The second-order valence-corrected chi connectivity index (χ2v) is 4.83. The van der Waals surface area contributed by atoms with Crippen LogP contribution in [-0.4, -0.2) is 11.5 Å². The van der Waals surface area contributed by atoms with Crippen molar-refractivity contribution in [3.63, 3.8) is 0 Å². The van der Waals surface area contributed by atoms with Gasteiger partial charge in [0.05, 0.1) is 0 Å². The molecule has 20 heavy (non-hydrogen) atoms. The summed E-state index contributed by atoms with van der Waals surface area (Å²) in [5.74, 6) is -0.245. The average Bonchev–Trinajstić information content (AvgIpc) is 2.45. The fraction of sp³-hybridized carbons (Fsp3) is 0.312. The van der Waals surface area contributed by atoms with E-state index < -0.39 is 0 Å². The highest BCUT2D eigenvalue weighted by molar-refractivity contribution is 5.55. The normalized spacial score (nSPS) is 12.2. The molecule has 0 aliphatic rings. The molecule has 1 atom stereocenters. The fourth-order valence-electron chi connectivity index (χ4n) is 2.33. The van der Waals surface area contributed by atoms with Crippen molar-refractivity contribution in [1.29, 1.82) is 0 Å². The Balaban J connectivity index is 2.35. The molecular formula is C16H20FN3. The molecular weight excluding hydrogens is 253 g/mol. The van der Waals surface area contributed by atoms with Gasteiger partial charge in [-0.1, -0.05) is 6.07 Å². The van der Waals surface area contributed by atoms with E-state index in [1.807, 2.05) is 25.1 Å². The van der Waals surface area contributed by atoms with Gasteiger partial charge < -0.3 is 10.6 Å². The summed E-state index contributed by atoms with van der Waals surface area (Å²) in [6.45, 7) is 5.35. The van der Waals surface area contributed by atoms with Crippen LogP contribution in [0.1, 0.15) is 31.0 Å². The Morgan fingerprint density at radius 3 is 2.55 bits per heavy atom. The maximum atomic E-state index is 14.0. The number of halogens is 1. The molecule has 0 saturated carbocycles. The van der Waals surface area contributed by atoms with E-state index in [0.717, 1.165) is 17.8 Å². The van der Waals surface area contributed by atoms with E-state index in [1.165, 1.54) is 6.07 Å². The summed E-state index contributed by atoms with van der Waals surface area (Å²) in [7, 11) is 0. The van der Waals surface area contributed by atoms with Crippen LogP contribution in [0.2, 0.25) is 0 Å². The van der Waals surface area contributed by atoms with Crippen molar-refractivity contribution in [2.45, 2.75) is 26.4 Å². The van der Waals surface area contributed by atoms with Gasteiger partial charge in [-0.15, -0.1) is 0 Å². The minimum absolute atomic E-state index is 0.245. The Hall–Kier alpha value is -1.94. The summed E-state index contributed by atoms with van der Waals surface area (Å²) in [5, 5.41) is 0. The van der Waals surface area contributed by atoms with Gasteiger partial charge in [0.15, 0.2) is 0 Å². The fourth-order valence-corrected chi connectivity index (χ4v) is 2.33. The molecule has 2 N–H and O–H groups in total. The number of nitrogens with zero attached hydrogens (tertiary/aromatic N) is 2. The van der Waals surface area contributed by atoms with Gasteiger partial charge in [0, 0.05) is 42.8 Å². The zero-order chi connectivity index (χ0) is 14.5. The van der Waals surface area contributed by atoms with Crippen LogP contribution in [0.4, 0.5) is 10.1 Å². The number of benzene rings is 1. The van der Waals surface area contributed by atoms with Crippen LogP contribution in [0, 0.1) is 5.82 Å². The number of hydrogen-bond acceptors (Lipinski definition) is 3. The predicted molar refractivity (Wildman–Crippen MR) is 80.0 cm³/mol. The average molecular weight is 273 g/mol. The molecule has 0 fully saturated rings. The third-order valence-corrected chi connectivity index (χ3v) is 3.33. The van der Waals surface area contributed by atoms with Crippen molar-refractivity contribution in [1.82, 2.24) is 4.98 Å². The molecule has 4 heteroatoms. The Bertz CT molecular complexity index is 555. The van der Waals surface area contributed by atoms with Crippen molar-refractivity contribution in [2.75, 3.05) is 11.4 Å². The minimum Gasteiger partial charge on any atom is -0.367 e. The first-order valence-electron chi connectivity index (χ1n) is 6.81. The Morgan fingerprint density at radius 2 is 1.95 bits per heavy atom. The van der Waals surface area contributed by atoms with E-state index >= 15 is 0 Å². The highest BCUT2D eigenvalue weighted by Crippen LogP contribution is 2.28. The SMILES string of the molecule is CCN(Cc1ccncc1)c1cccc(F)c1[C@H](C)N. The molecule has 0 aliphatic heterocycles. The molecule has 0 unspecified atom stereocenters. The third-order valence-electron chi connectivity index (χ3n) is 3.33. The topological polar surface area (TPSA) is 42.2 Å². The first-order valence-corrected chi connectivity index (χ1v) is 6.81. The highest BCUT2D eigenvalue weighted by atomic mass is 19.1. The van der Waals surface area contributed by atoms with E-state index in [2.05, 4.69) is 16.8 Å². The van der Waals surface area contributed by atoms with E-state index in [9.17, 15) is 4.39 Å².